The monoisotopic (exact) mass is 419 g/mol. The zero-order valence-electron chi connectivity index (χ0n) is 16.7. The molecule has 0 bridgehead atoms. The minimum atomic E-state index is -0.490. The summed E-state index contributed by atoms with van der Waals surface area (Å²) in [6.07, 6.45) is 4.37. The minimum Gasteiger partial charge on any atom is -0.352 e. The van der Waals surface area contributed by atoms with Gasteiger partial charge in [-0.2, -0.15) is 0 Å². The summed E-state index contributed by atoms with van der Waals surface area (Å²) >= 11 is 1.33. The molecule has 1 saturated carbocycles. The second-order valence-corrected chi connectivity index (χ2v) is 8.41. The highest BCUT2D eigenvalue weighted by molar-refractivity contribution is 8.00. The molecule has 1 aromatic heterocycles. The Kier molecular flexibility index (Phi) is 7.24. The zero-order chi connectivity index (χ0) is 20.8. The molecule has 1 aromatic carbocycles. The number of para-hydroxylation sites is 1. The maximum atomic E-state index is 13.7. The van der Waals surface area contributed by atoms with Gasteiger partial charge in [-0.25, -0.2) is 4.39 Å². The number of anilines is 1. The van der Waals surface area contributed by atoms with Crippen molar-refractivity contribution in [2.24, 2.45) is 0 Å². The van der Waals surface area contributed by atoms with Gasteiger partial charge in [0, 0.05) is 12.6 Å². The molecule has 1 fully saturated rings. The van der Waals surface area contributed by atoms with E-state index in [0.29, 0.717) is 17.5 Å². The summed E-state index contributed by atoms with van der Waals surface area (Å²) in [6, 6.07) is 6.28. The number of hydrogen-bond acceptors (Lipinski definition) is 5. The summed E-state index contributed by atoms with van der Waals surface area (Å²) in [5.74, 6) is -0.393. The van der Waals surface area contributed by atoms with Crippen molar-refractivity contribution in [2.45, 2.75) is 68.9 Å². The number of rotatable bonds is 8. The van der Waals surface area contributed by atoms with Crippen molar-refractivity contribution in [1.29, 1.82) is 0 Å². The molecule has 1 aliphatic rings. The first kappa shape index (κ1) is 21.3. The Morgan fingerprint density at radius 3 is 2.69 bits per heavy atom. The first-order chi connectivity index (χ1) is 14.0. The Morgan fingerprint density at radius 2 is 2.00 bits per heavy atom. The van der Waals surface area contributed by atoms with Crippen LogP contribution in [0.5, 0.6) is 0 Å². The van der Waals surface area contributed by atoms with Crippen LogP contribution < -0.4 is 10.6 Å². The summed E-state index contributed by atoms with van der Waals surface area (Å²) in [5.41, 5.74) is 0.131. The predicted octanol–water partition coefficient (Wildman–Crippen LogP) is 3.16. The zero-order valence-corrected chi connectivity index (χ0v) is 17.5. The third-order valence-electron chi connectivity index (χ3n) is 4.93. The molecule has 156 valence electrons. The maximum Gasteiger partial charge on any atom is 0.233 e. The van der Waals surface area contributed by atoms with Crippen molar-refractivity contribution in [3.8, 4) is 0 Å². The summed E-state index contributed by atoms with van der Waals surface area (Å²) in [4.78, 5) is 24.7. The smallest absolute Gasteiger partial charge is 0.233 e. The van der Waals surface area contributed by atoms with E-state index >= 15 is 0 Å². The van der Waals surface area contributed by atoms with Gasteiger partial charge in [0.1, 0.15) is 11.6 Å². The van der Waals surface area contributed by atoms with E-state index in [-0.39, 0.29) is 35.2 Å². The second-order valence-electron chi connectivity index (χ2n) is 7.10. The maximum absolute atomic E-state index is 13.7. The fraction of sp³-hybridized carbons (Fsp3) is 0.500. The van der Waals surface area contributed by atoms with Crippen LogP contribution in [0.3, 0.4) is 0 Å². The number of hydrogen-bond donors (Lipinski definition) is 2. The first-order valence-corrected chi connectivity index (χ1v) is 10.8. The van der Waals surface area contributed by atoms with E-state index in [0.717, 1.165) is 25.7 Å². The Bertz CT molecular complexity index is 866. The Balaban J connectivity index is 1.61. The largest absolute Gasteiger partial charge is 0.352 e. The van der Waals surface area contributed by atoms with E-state index in [1.165, 1.54) is 23.9 Å². The average molecular weight is 420 g/mol. The molecular formula is C20H26FN5O2S. The lowest BCUT2D eigenvalue weighted by molar-refractivity contribution is -0.121. The van der Waals surface area contributed by atoms with Crippen LogP contribution in [-0.2, 0) is 22.6 Å². The topological polar surface area (TPSA) is 88.9 Å². The van der Waals surface area contributed by atoms with Gasteiger partial charge in [-0.1, -0.05) is 36.7 Å². The fourth-order valence-electron chi connectivity index (χ4n) is 3.36. The Labute approximate surface area is 173 Å². The van der Waals surface area contributed by atoms with Gasteiger partial charge in [0.2, 0.25) is 11.8 Å². The lowest BCUT2D eigenvalue weighted by atomic mass is 10.2. The molecule has 1 heterocycles. The summed E-state index contributed by atoms with van der Waals surface area (Å²) < 4.78 is 15.5. The molecule has 1 aliphatic carbocycles. The number of aromatic nitrogens is 3. The van der Waals surface area contributed by atoms with Crippen LogP contribution >= 0.6 is 11.8 Å². The van der Waals surface area contributed by atoms with Gasteiger partial charge in [0.25, 0.3) is 0 Å². The summed E-state index contributed by atoms with van der Waals surface area (Å²) in [6.45, 7) is 4.33. The van der Waals surface area contributed by atoms with Crippen LogP contribution in [0.15, 0.2) is 29.4 Å². The Hall–Kier alpha value is -2.42. The van der Waals surface area contributed by atoms with Crippen molar-refractivity contribution in [3.63, 3.8) is 0 Å². The molecule has 0 unspecified atom stereocenters. The second kappa shape index (κ2) is 9.87. The molecule has 2 amide bonds. The van der Waals surface area contributed by atoms with Crippen molar-refractivity contribution >= 4 is 29.3 Å². The van der Waals surface area contributed by atoms with Crippen molar-refractivity contribution < 1.29 is 14.0 Å². The molecule has 3 rings (SSSR count). The molecule has 0 spiro atoms. The van der Waals surface area contributed by atoms with E-state index < -0.39 is 5.82 Å². The number of carbonyl (C=O) groups is 2. The van der Waals surface area contributed by atoms with Crippen molar-refractivity contribution in [1.82, 2.24) is 20.1 Å². The lowest BCUT2D eigenvalue weighted by Crippen LogP contribution is -2.37. The first-order valence-electron chi connectivity index (χ1n) is 9.91. The van der Waals surface area contributed by atoms with E-state index in [1.807, 2.05) is 18.4 Å². The van der Waals surface area contributed by atoms with Crippen LogP contribution in [0, 0.1) is 5.82 Å². The van der Waals surface area contributed by atoms with Crippen molar-refractivity contribution in [2.75, 3.05) is 5.32 Å². The van der Waals surface area contributed by atoms with Gasteiger partial charge in [-0.3, -0.25) is 9.59 Å². The molecular weight excluding hydrogens is 393 g/mol. The minimum absolute atomic E-state index is 0.00796. The third-order valence-corrected chi connectivity index (χ3v) is 6.01. The number of thioether (sulfide) groups is 1. The summed E-state index contributed by atoms with van der Waals surface area (Å²) in [7, 11) is 0. The number of amides is 2. The molecule has 2 N–H and O–H groups in total. The molecule has 2 aromatic rings. The van der Waals surface area contributed by atoms with Gasteiger partial charge < -0.3 is 15.2 Å². The standard InChI is InChI=1S/C20H26FN5O2S/c1-3-26-17(12-18(27)23-16-11-7-6-10-15(16)21)24-25-20(26)29-13(2)19(28)22-14-8-4-5-9-14/h6-7,10-11,13-14H,3-5,8-9,12H2,1-2H3,(H,22,28)(H,23,27)/t13-/m0/s1. The highest BCUT2D eigenvalue weighted by Gasteiger charge is 2.24. The van der Waals surface area contributed by atoms with Crippen LogP contribution in [0.25, 0.3) is 0 Å². The van der Waals surface area contributed by atoms with E-state index in [1.54, 1.807) is 12.1 Å². The molecule has 9 heteroatoms. The van der Waals surface area contributed by atoms with Gasteiger partial charge >= 0.3 is 0 Å². The number of halogens is 1. The summed E-state index contributed by atoms with van der Waals surface area (Å²) in [5, 5.41) is 14.2. The van der Waals surface area contributed by atoms with E-state index in [4.69, 9.17) is 0 Å². The van der Waals surface area contributed by atoms with Gasteiger partial charge in [-0.05, 0) is 38.8 Å². The fourth-order valence-corrected chi connectivity index (χ4v) is 4.30. The third kappa shape index (κ3) is 5.56. The van der Waals surface area contributed by atoms with E-state index in [9.17, 15) is 14.0 Å². The molecule has 7 nitrogen and oxygen atoms in total. The van der Waals surface area contributed by atoms with Crippen LogP contribution in [0.1, 0.15) is 45.4 Å². The molecule has 1 atom stereocenters. The quantitative estimate of drug-likeness (QED) is 0.642. The number of carbonyl (C=O) groups excluding carboxylic acids is 2. The Morgan fingerprint density at radius 1 is 1.28 bits per heavy atom. The van der Waals surface area contributed by atoms with Gasteiger partial charge in [0.05, 0.1) is 17.4 Å². The molecule has 29 heavy (non-hydrogen) atoms. The van der Waals surface area contributed by atoms with E-state index in [2.05, 4.69) is 20.8 Å². The lowest BCUT2D eigenvalue weighted by Gasteiger charge is -2.16. The van der Waals surface area contributed by atoms with Crippen LogP contribution in [0.2, 0.25) is 0 Å². The number of benzene rings is 1. The predicted molar refractivity (Wildman–Crippen MR) is 110 cm³/mol. The number of nitrogens with one attached hydrogen (secondary N) is 2. The highest BCUT2D eigenvalue weighted by Crippen LogP contribution is 2.24. The van der Waals surface area contributed by atoms with Crippen LogP contribution in [0.4, 0.5) is 10.1 Å². The van der Waals surface area contributed by atoms with Crippen molar-refractivity contribution in [3.05, 3.63) is 35.9 Å². The number of nitrogens with zero attached hydrogens (tertiary/aromatic N) is 3. The molecule has 0 saturated heterocycles. The normalized spacial score (nSPS) is 15.3. The molecule has 0 aliphatic heterocycles. The van der Waals surface area contributed by atoms with Gasteiger partial charge in [-0.15, -0.1) is 10.2 Å². The van der Waals surface area contributed by atoms with Gasteiger partial charge in [0.15, 0.2) is 5.16 Å². The SMILES string of the molecule is CCn1c(CC(=O)Nc2ccccc2F)nnc1S[C@@H](C)C(=O)NC1CCCC1. The van der Waals surface area contributed by atoms with Crippen LogP contribution in [-0.4, -0.2) is 37.9 Å². The highest BCUT2D eigenvalue weighted by atomic mass is 32.2. The average Bonchev–Trinajstić information content (AvgIpc) is 3.33. The molecule has 0 radical (unpaired) electrons.